The Hall–Kier alpha value is -0.160. The van der Waals surface area contributed by atoms with Gasteiger partial charge in [-0.15, -0.1) is 0 Å². The standard InChI is InChI=1S/C22H38O4/c1-15-7-8-16-20(5)14-24-18(2,3)25-17(20)9-10-21(16,6)22(15)12-11-19(4,13-23)26-22/h15-17,23H,7-14H2,1-6H3/t15-,16+,17-,19+,20-,21+,22-/m1/s1. The van der Waals surface area contributed by atoms with Crippen molar-refractivity contribution in [2.24, 2.45) is 22.7 Å². The molecule has 2 aliphatic carbocycles. The highest BCUT2D eigenvalue weighted by molar-refractivity contribution is 5.17. The van der Waals surface area contributed by atoms with Crippen LogP contribution in [0, 0.1) is 22.7 Å². The lowest BCUT2D eigenvalue weighted by molar-refractivity contribution is -0.358. The van der Waals surface area contributed by atoms with E-state index >= 15 is 0 Å². The number of rotatable bonds is 1. The zero-order valence-corrected chi connectivity index (χ0v) is 17.6. The van der Waals surface area contributed by atoms with E-state index in [1.807, 2.05) is 13.8 Å². The van der Waals surface area contributed by atoms with Gasteiger partial charge in [-0.25, -0.2) is 0 Å². The number of hydrogen-bond acceptors (Lipinski definition) is 4. The Morgan fingerprint density at radius 3 is 2.35 bits per heavy atom. The fourth-order valence-corrected chi connectivity index (χ4v) is 7.20. The van der Waals surface area contributed by atoms with Gasteiger partial charge in [-0.05, 0) is 71.1 Å². The normalized spacial score (nSPS) is 56.2. The van der Waals surface area contributed by atoms with Crippen LogP contribution in [0.3, 0.4) is 0 Å². The molecule has 4 heteroatoms. The van der Waals surface area contributed by atoms with Crippen molar-refractivity contribution < 1.29 is 19.3 Å². The summed E-state index contributed by atoms with van der Waals surface area (Å²) < 4.78 is 19.4. The Kier molecular flexibility index (Phi) is 4.19. The second-order valence-electron chi connectivity index (χ2n) is 10.9. The van der Waals surface area contributed by atoms with Gasteiger partial charge in [0.1, 0.15) is 0 Å². The van der Waals surface area contributed by atoms with Gasteiger partial charge in [-0.1, -0.05) is 20.8 Å². The number of aliphatic hydroxyl groups excluding tert-OH is 1. The molecule has 0 radical (unpaired) electrons. The average Bonchev–Trinajstić information content (AvgIpc) is 2.94. The monoisotopic (exact) mass is 366 g/mol. The van der Waals surface area contributed by atoms with Crippen molar-refractivity contribution in [3.63, 3.8) is 0 Å². The fourth-order valence-electron chi connectivity index (χ4n) is 7.20. The van der Waals surface area contributed by atoms with Crippen LogP contribution in [-0.4, -0.2) is 41.4 Å². The van der Waals surface area contributed by atoms with Crippen molar-refractivity contribution in [2.45, 2.75) is 103 Å². The molecule has 1 spiro atoms. The van der Waals surface area contributed by atoms with E-state index < -0.39 is 11.4 Å². The first-order valence-corrected chi connectivity index (χ1v) is 10.6. The number of fused-ring (bicyclic) bond motifs is 4. The van der Waals surface area contributed by atoms with Gasteiger partial charge in [0.15, 0.2) is 5.79 Å². The van der Waals surface area contributed by atoms with E-state index in [2.05, 4.69) is 27.7 Å². The van der Waals surface area contributed by atoms with Crippen molar-refractivity contribution in [2.75, 3.05) is 13.2 Å². The molecule has 1 N–H and O–H groups in total. The molecular weight excluding hydrogens is 328 g/mol. The van der Waals surface area contributed by atoms with Crippen LogP contribution in [0.25, 0.3) is 0 Å². The molecule has 0 amide bonds. The van der Waals surface area contributed by atoms with Crippen LogP contribution >= 0.6 is 0 Å². The van der Waals surface area contributed by atoms with Gasteiger partial charge in [-0.3, -0.25) is 0 Å². The van der Waals surface area contributed by atoms with Crippen LogP contribution < -0.4 is 0 Å². The first-order valence-electron chi connectivity index (χ1n) is 10.6. The zero-order chi connectivity index (χ0) is 19.0. The van der Waals surface area contributed by atoms with Crippen LogP contribution in [0.2, 0.25) is 0 Å². The Morgan fingerprint density at radius 2 is 1.69 bits per heavy atom. The first-order chi connectivity index (χ1) is 12.0. The highest BCUT2D eigenvalue weighted by Crippen LogP contribution is 2.68. The summed E-state index contributed by atoms with van der Waals surface area (Å²) in [5.41, 5.74) is -0.374. The third kappa shape index (κ3) is 2.41. The summed E-state index contributed by atoms with van der Waals surface area (Å²) in [7, 11) is 0. The topological polar surface area (TPSA) is 47.9 Å². The van der Waals surface area contributed by atoms with E-state index in [0.29, 0.717) is 11.8 Å². The Morgan fingerprint density at radius 1 is 0.962 bits per heavy atom. The lowest BCUT2D eigenvalue weighted by Gasteiger charge is -2.67. The fraction of sp³-hybridized carbons (Fsp3) is 1.00. The average molecular weight is 367 g/mol. The molecule has 4 rings (SSSR count). The van der Waals surface area contributed by atoms with Crippen LogP contribution in [-0.2, 0) is 14.2 Å². The smallest absolute Gasteiger partial charge is 0.163 e. The second-order valence-corrected chi connectivity index (χ2v) is 10.9. The molecule has 26 heavy (non-hydrogen) atoms. The molecule has 2 heterocycles. The highest BCUT2D eigenvalue weighted by atomic mass is 16.7. The number of hydrogen-bond donors (Lipinski definition) is 1. The van der Waals surface area contributed by atoms with Gasteiger partial charge in [0.05, 0.1) is 30.5 Å². The molecule has 0 aromatic carbocycles. The van der Waals surface area contributed by atoms with Crippen LogP contribution in [0.5, 0.6) is 0 Å². The third-order valence-electron chi connectivity index (χ3n) is 8.82. The Bertz CT molecular complexity index is 576. The molecule has 2 saturated heterocycles. The molecule has 4 fully saturated rings. The Labute approximate surface area is 159 Å². The van der Waals surface area contributed by atoms with E-state index in [9.17, 15) is 5.11 Å². The van der Waals surface area contributed by atoms with Crippen molar-refractivity contribution in [3.8, 4) is 0 Å². The molecule has 0 aromatic heterocycles. The predicted octanol–water partition coefficient (Wildman–Crippen LogP) is 4.29. The van der Waals surface area contributed by atoms with E-state index in [1.54, 1.807) is 0 Å². The number of ether oxygens (including phenoxy) is 3. The molecule has 150 valence electrons. The third-order valence-corrected chi connectivity index (χ3v) is 8.82. The summed E-state index contributed by atoms with van der Waals surface area (Å²) in [5.74, 6) is 0.581. The zero-order valence-electron chi connectivity index (χ0n) is 17.6. The molecule has 7 atom stereocenters. The summed E-state index contributed by atoms with van der Waals surface area (Å²) in [4.78, 5) is 0. The van der Waals surface area contributed by atoms with Gasteiger partial charge in [-0.2, -0.15) is 0 Å². The second kappa shape index (κ2) is 5.68. The van der Waals surface area contributed by atoms with E-state index in [0.717, 1.165) is 32.3 Å². The van der Waals surface area contributed by atoms with Crippen molar-refractivity contribution in [3.05, 3.63) is 0 Å². The largest absolute Gasteiger partial charge is 0.393 e. The molecule has 4 aliphatic rings. The summed E-state index contributed by atoms with van der Waals surface area (Å²) in [5, 5.41) is 9.94. The molecule has 0 aromatic rings. The highest BCUT2D eigenvalue weighted by Gasteiger charge is 2.69. The van der Waals surface area contributed by atoms with Crippen LogP contribution in [0.4, 0.5) is 0 Å². The molecular formula is C22H38O4. The Balaban J connectivity index is 1.71. The maximum absolute atomic E-state index is 9.94. The lowest BCUT2D eigenvalue weighted by atomic mass is 9.43. The molecule has 2 aliphatic heterocycles. The van der Waals surface area contributed by atoms with Gasteiger partial charge in [0.25, 0.3) is 0 Å². The molecule has 0 unspecified atom stereocenters. The lowest BCUT2D eigenvalue weighted by Crippen LogP contribution is -2.68. The summed E-state index contributed by atoms with van der Waals surface area (Å²) >= 11 is 0. The quantitative estimate of drug-likeness (QED) is 0.752. The molecule has 0 bridgehead atoms. The maximum Gasteiger partial charge on any atom is 0.163 e. The van der Waals surface area contributed by atoms with Crippen LogP contribution in [0.15, 0.2) is 0 Å². The van der Waals surface area contributed by atoms with Gasteiger partial charge < -0.3 is 19.3 Å². The first kappa shape index (κ1) is 19.2. The van der Waals surface area contributed by atoms with E-state index in [-0.39, 0.29) is 29.1 Å². The summed E-state index contributed by atoms with van der Waals surface area (Å²) in [6.07, 6.45) is 6.90. The SMILES string of the molecule is C[C@@H]1CC[C@H]2[C@@]3(C)COC(C)(C)O[C@@H]3CC[C@]2(C)[C@@]12CC[C@@](C)(CO)O2. The molecule has 2 saturated carbocycles. The van der Waals surface area contributed by atoms with E-state index in [4.69, 9.17) is 14.2 Å². The van der Waals surface area contributed by atoms with E-state index in [1.165, 1.54) is 12.8 Å². The minimum absolute atomic E-state index is 0.0389. The van der Waals surface area contributed by atoms with Gasteiger partial charge in [0.2, 0.25) is 0 Å². The summed E-state index contributed by atoms with van der Waals surface area (Å²) in [6, 6.07) is 0. The van der Waals surface area contributed by atoms with Crippen molar-refractivity contribution in [1.82, 2.24) is 0 Å². The van der Waals surface area contributed by atoms with Crippen molar-refractivity contribution >= 4 is 0 Å². The maximum atomic E-state index is 9.94. The minimum atomic E-state index is -0.475. The predicted molar refractivity (Wildman–Crippen MR) is 101 cm³/mol. The van der Waals surface area contributed by atoms with Crippen molar-refractivity contribution in [1.29, 1.82) is 0 Å². The van der Waals surface area contributed by atoms with Crippen LogP contribution in [0.1, 0.15) is 80.1 Å². The number of aliphatic hydroxyl groups is 1. The van der Waals surface area contributed by atoms with Gasteiger partial charge in [0, 0.05) is 10.8 Å². The minimum Gasteiger partial charge on any atom is -0.393 e. The molecule has 4 nitrogen and oxygen atoms in total. The summed E-state index contributed by atoms with van der Waals surface area (Å²) in [6.45, 7) is 14.3. The van der Waals surface area contributed by atoms with Gasteiger partial charge >= 0.3 is 0 Å².